The van der Waals surface area contributed by atoms with Gasteiger partial charge in [0.1, 0.15) is 0 Å². The van der Waals surface area contributed by atoms with Crippen LogP contribution in [0.4, 0.5) is 0 Å². The zero-order chi connectivity index (χ0) is 12.0. The van der Waals surface area contributed by atoms with E-state index in [0.717, 1.165) is 5.56 Å². The third-order valence-corrected chi connectivity index (χ3v) is 3.57. The molecule has 1 saturated heterocycles. The van der Waals surface area contributed by atoms with Gasteiger partial charge in [0.05, 0.1) is 24.5 Å². The standard InChI is InChI=1S/C13H13NO3/c15-7-11(8-4-2-1-3-5-8)14-12(16)9-6-10(9)13(14)17/h1-5,9-11,15H,6-7H2/t9?,10?,11-/m1/s1. The van der Waals surface area contributed by atoms with Gasteiger partial charge in [0.15, 0.2) is 0 Å². The van der Waals surface area contributed by atoms with Crippen molar-refractivity contribution < 1.29 is 14.7 Å². The molecule has 0 bridgehead atoms. The van der Waals surface area contributed by atoms with E-state index in [1.165, 1.54) is 4.90 Å². The Bertz CT molecular complexity index is 451. The second-order valence-corrected chi connectivity index (χ2v) is 4.60. The first-order chi connectivity index (χ1) is 8.24. The molecule has 2 unspecified atom stereocenters. The summed E-state index contributed by atoms with van der Waals surface area (Å²) in [5, 5.41) is 9.43. The number of benzene rings is 1. The van der Waals surface area contributed by atoms with Crippen molar-refractivity contribution in [2.24, 2.45) is 11.8 Å². The quantitative estimate of drug-likeness (QED) is 0.780. The lowest BCUT2D eigenvalue weighted by molar-refractivity contribution is -0.145. The molecular formula is C13H13NO3. The van der Waals surface area contributed by atoms with Gasteiger partial charge in [-0.25, -0.2) is 0 Å². The fourth-order valence-corrected chi connectivity index (χ4v) is 2.53. The third-order valence-electron chi connectivity index (χ3n) is 3.57. The van der Waals surface area contributed by atoms with E-state index in [9.17, 15) is 14.7 Å². The van der Waals surface area contributed by atoms with Crippen molar-refractivity contribution in [3.05, 3.63) is 35.9 Å². The molecule has 1 aromatic rings. The van der Waals surface area contributed by atoms with Crippen LogP contribution in [0.15, 0.2) is 30.3 Å². The lowest BCUT2D eigenvalue weighted by Crippen LogP contribution is -2.38. The number of aliphatic hydroxyl groups is 1. The van der Waals surface area contributed by atoms with Crippen LogP contribution in [-0.4, -0.2) is 28.4 Å². The molecule has 1 N–H and O–H groups in total. The first-order valence-electron chi connectivity index (χ1n) is 5.76. The number of hydrogen-bond acceptors (Lipinski definition) is 3. The molecule has 2 aliphatic rings. The number of carbonyl (C=O) groups excluding carboxylic acids is 2. The highest BCUT2D eigenvalue weighted by Gasteiger charge is 2.60. The number of hydrogen-bond donors (Lipinski definition) is 1. The topological polar surface area (TPSA) is 57.6 Å². The summed E-state index contributed by atoms with van der Waals surface area (Å²) in [4.78, 5) is 25.1. The first-order valence-corrected chi connectivity index (χ1v) is 5.76. The Hall–Kier alpha value is -1.68. The van der Waals surface area contributed by atoms with E-state index in [0.29, 0.717) is 6.42 Å². The van der Waals surface area contributed by atoms with Crippen LogP contribution in [0.25, 0.3) is 0 Å². The van der Waals surface area contributed by atoms with Crippen LogP contribution in [0, 0.1) is 11.8 Å². The Morgan fingerprint density at radius 3 is 2.29 bits per heavy atom. The van der Waals surface area contributed by atoms with E-state index < -0.39 is 6.04 Å². The highest BCUT2D eigenvalue weighted by molar-refractivity contribution is 6.09. The highest BCUT2D eigenvalue weighted by atomic mass is 16.3. The maximum absolute atomic E-state index is 11.9. The van der Waals surface area contributed by atoms with Crippen LogP contribution >= 0.6 is 0 Å². The molecule has 1 aliphatic carbocycles. The number of nitrogens with zero attached hydrogens (tertiary/aromatic N) is 1. The van der Waals surface area contributed by atoms with Gasteiger partial charge in [-0.05, 0) is 12.0 Å². The van der Waals surface area contributed by atoms with Crippen molar-refractivity contribution in [2.75, 3.05) is 6.61 Å². The number of amides is 2. The number of imide groups is 1. The number of fused-ring (bicyclic) bond motifs is 1. The molecule has 1 aliphatic heterocycles. The predicted molar refractivity (Wildman–Crippen MR) is 59.7 cm³/mol. The number of likely N-dealkylation sites (tertiary alicyclic amines) is 1. The van der Waals surface area contributed by atoms with Crippen molar-refractivity contribution in [1.29, 1.82) is 0 Å². The summed E-state index contributed by atoms with van der Waals surface area (Å²) < 4.78 is 0. The van der Waals surface area contributed by atoms with E-state index in [2.05, 4.69) is 0 Å². The summed E-state index contributed by atoms with van der Waals surface area (Å²) in [6.45, 7) is -0.221. The van der Waals surface area contributed by atoms with Crippen molar-refractivity contribution >= 4 is 11.8 Å². The second kappa shape index (κ2) is 3.67. The van der Waals surface area contributed by atoms with Crippen molar-refractivity contribution in [3.8, 4) is 0 Å². The van der Waals surface area contributed by atoms with Crippen LogP contribution in [0.5, 0.6) is 0 Å². The van der Waals surface area contributed by atoms with Gasteiger partial charge in [0, 0.05) is 0 Å². The largest absolute Gasteiger partial charge is 0.394 e. The van der Waals surface area contributed by atoms with Crippen LogP contribution in [-0.2, 0) is 9.59 Å². The molecule has 1 saturated carbocycles. The van der Waals surface area contributed by atoms with Crippen LogP contribution < -0.4 is 0 Å². The number of carbonyl (C=O) groups is 2. The smallest absolute Gasteiger partial charge is 0.233 e. The fraction of sp³-hybridized carbons (Fsp3) is 0.385. The Labute approximate surface area is 98.9 Å². The summed E-state index contributed by atoms with van der Waals surface area (Å²) in [6, 6.07) is 8.66. The van der Waals surface area contributed by atoms with E-state index >= 15 is 0 Å². The normalized spacial score (nSPS) is 28.2. The van der Waals surface area contributed by atoms with Gasteiger partial charge in [0.25, 0.3) is 0 Å². The average molecular weight is 231 g/mol. The van der Waals surface area contributed by atoms with E-state index in [1.54, 1.807) is 0 Å². The Balaban J connectivity index is 1.92. The molecule has 3 atom stereocenters. The molecule has 88 valence electrons. The summed E-state index contributed by atoms with van der Waals surface area (Å²) >= 11 is 0. The summed E-state index contributed by atoms with van der Waals surface area (Å²) in [5.41, 5.74) is 0.804. The molecule has 2 amide bonds. The van der Waals surface area contributed by atoms with Gasteiger partial charge in [-0.15, -0.1) is 0 Å². The maximum Gasteiger partial charge on any atom is 0.233 e. The summed E-state index contributed by atoms with van der Waals surface area (Å²) in [7, 11) is 0. The Morgan fingerprint density at radius 2 is 1.76 bits per heavy atom. The second-order valence-electron chi connectivity index (χ2n) is 4.60. The van der Waals surface area contributed by atoms with E-state index in [1.807, 2.05) is 30.3 Å². The minimum Gasteiger partial charge on any atom is -0.394 e. The molecule has 3 rings (SSSR count). The number of rotatable bonds is 3. The first kappa shape index (κ1) is 10.5. The van der Waals surface area contributed by atoms with E-state index in [4.69, 9.17) is 0 Å². The molecular weight excluding hydrogens is 218 g/mol. The summed E-state index contributed by atoms with van der Waals surface area (Å²) in [5.74, 6) is -0.466. The Morgan fingerprint density at radius 1 is 1.18 bits per heavy atom. The van der Waals surface area contributed by atoms with Gasteiger partial charge in [0.2, 0.25) is 11.8 Å². The van der Waals surface area contributed by atoms with Gasteiger partial charge in [-0.1, -0.05) is 30.3 Å². The lowest BCUT2D eigenvalue weighted by Gasteiger charge is -2.26. The van der Waals surface area contributed by atoms with Crippen molar-refractivity contribution in [2.45, 2.75) is 12.5 Å². The molecule has 1 heterocycles. The minimum absolute atomic E-state index is 0.111. The third kappa shape index (κ3) is 1.48. The fourth-order valence-electron chi connectivity index (χ4n) is 2.53. The molecule has 17 heavy (non-hydrogen) atoms. The van der Waals surface area contributed by atoms with Gasteiger partial charge in [-0.2, -0.15) is 0 Å². The maximum atomic E-state index is 11.9. The highest BCUT2D eigenvalue weighted by Crippen LogP contribution is 2.49. The lowest BCUT2D eigenvalue weighted by atomic mass is 10.1. The van der Waals surface area contributed by atoms with Crippen LogP contribution in [0.1, 0.15) is 18.0 Å². The van der Waals surface area contributed by atoms with Crippen LogP contribution in [0.2, 0.25) is 0 Å². The van der Waals surface area contributed by atoms with Gasteiger partial charge >= 0.3 is 0 Å². The van der Waals surface area contributed by atoms with Gasteiger partial charge < -0.3 is 5.11 Å². The zero-order valence-corrected chi connectivity index (χ0v) is 9.24. The van der Waals surface area contributed by atoms with Crippen molar-refractivity contribution in [3.63, 3.8) is 0 Å². The molecule has 1 aromatic carbocycles. The molecule has 2 fully saturated rings. The SMILES string of the molecule is O=C1C2CC2C(=O)N1[C@H](CO)c1ccccc1. The number of piperidine rings is 1. The molecule has 0 aromatic heterocycles. The summed E-state index contributed by atoms with van der Waals surface area (Å²) in [6.07, 6.45) is 0.696. The van der Waals surface area contributed by atoms with Gasteiger partial charge in [-0.3, -0.25) is 14.5 Å². The van der Waals surface area contributed by atoms with Crippen molar-refractivity contribution in [1.82, 2.24) is 4.90 Å². The monoisotopic (exact) mass is 231 g/mol. The average Bonchev–Trinajstić information content (AvgIpc) is 3.11. The van der Waals surface area contributed by atoms with Crippen LogP contribution in [0.3, 0.4) is 0 Å². The molecule has 4 nitrogen and oxygen atoms in total. The minimum atomic E-state index is -0.524. The van der Waals surface area contributed by atoms with E-state index in [-0.39, 0.29) is 30.3 Å². The predicted octanol–water partition coefficient (Wildman–Crippen LogP) is 0.725. The molecule has 0 spiro atoms. The molecule has 4 heteroatoms. The molecule has 0 radical (unpaired) electrons. The Kier molecular flexibility index (Phi) is 2.26. The zero-order valence-electron chi connectivity index (χ0n) is 9.24. The number of aliphatic hydroxyl groups excluding tert-OH is 1.